The summed E-state index contributed by atoms with van der Waals surface area (Å²) in [6.07, 6.45) is 2.76. The number of H-pyrrole nitrogens is 1. The maximum Gasteiger partial charge on any atom is 0.258 e. The maximum atomic E-state index is 11.6. The molecule has 1 aromatic heterocycles. The van der Waals surface area contributed by atoms with Crippen molar-refractivity contribution >= 4 is 11.6 Å². The fourth-order valence-electron chi connectivity index (χ4n) is 1.41. The van der Waals surface area contributed by atoms with Crippen LogP contribution >= 0.6 is 11.6 Å². The van der Waals surface area contributed by atoms with E-state index in [1.54, 1.807) is 18.2 Å². The molecular weight excluding hydrogens is 228 g/mol. The van der Waals surface area contributed by atoms with Crippen LogP contribution in [0.4, 0.5) is 0 Å². The number of hydrogen-bond donors (Lipinski definition) is 2. The molecule has 0 fully saturated rings. The number of hydrogen-bond acceptors (Lipinski definition) is 3. The topological polar surface area (TPSA) is 66.0 Å². The molecule has 0 atom stereocenters. The molecule has 0 aliphatic carbocycles. The quantitative estimate of drug-likeness (QED) is 0.832. The predicted octanol–water partition coefficient (Wildman–Crippen LogP) is 1.58. The first-order valence-electron chi connectivity index (χ1n) is 4.64. The molecule has 2 N–H and O–H groups in total. The Morgan fingerprint density at radius 2 is 2.19 bits per heavy atom. The van der Waals surface area contributed by atoms with Crippen molar-refractivity contribution in [2.45, 2.75) is 6.61 Å². The lowest BCUT2D eigenvalue weighted by atomic mass is 10.1. The van der Waals surface area contributed by atoms with Gasteiger partial charge in [-0.05, 0) is 17.7 Å². The average molecular weight is 237 g/mol. The largest absolute Gasteiger partial charge is 0.392 e. The summed E-state index contributed by atoms with van der Waals surface area (Å²) in [4.78, 5) is 17.9. The van der Waals surface area contributed by atoms with Gasteiger partial charge in [-0.25, -0.2) is 4.98 Å². The van der Waals surface area contributed by atoms with E-state index in [4.69, 9.17) is 16.7 Å². The fraction of sp³-hybridized carbons (Fsp3) is 0.0909. The number of rotatable bonds is 2. The number of aliphatic hydroxyl groups is 1. The van der Waals surface area contributed by atoms with Crippen molar-refractivity contribution in [3.63, 3.8) is 0 Å². The summed E-state index contributed by atoms with van der Waals surface area (Å²) in [6, 6.07) is 5.03. The van der Waals surface area contributed by atoms with E-state index in [0.717, 1.165) is 0 Å². The van der Waals surface area contributed by atoms with Crippen LogP contribution in [0.15, 0.2) is 35.5 Å². The summed E-state index contributed by atoms with van der Waals surface area (Å²) in [6.45, 7) is -0.0949. The van der Waals surface area contributed by atoms with Gasteiger partial charge < -0.3 is 10.1 Å². The van der Waals surface area contributed by atoms with Crippen molar-refractivity contribution in [3.05, 3.63) is 51.7 Å². The minimum absolute atomic E-state index is 0.0949. The van der Waals surface area contributed by atoms with Gasteiger partial charge >= 0.3 is 0 Å². The zero-order valence-electron chi connectivity index (χ0n) is 8.27. The Morgan fingerprint density at radius 3 is 2.88 bits per heavy atom. The summed E-state index contributed by atoms with van der Waals surface area (Å²) < 4.78 is 0. The lowest BCUT2D eigenvalue weighted by Gasteiger charge is -2.04. The summed E-state index contributed by atoms with van der Waals surface area (Å²) >= 11 is 6.00. The number of aromatic nitrogens is 2. The van der Waals surface area contributed by atoms with Gasteiger partial charge in [0.1, 0.15) is 0 Å². The molecule has 0 radical (unpaired) electrons. The summed E-state index contributed by atoms with van der Waals surface area (Å²) in [5, 5.41) is 9.48. The minimum Gasteiger partial charge on any atom is -0.392 e. The van der Waals surface area contributed by atoms with E-state index >= 15 is 0 Å². The molecule has 2 rings (SSSR count). The van der Waals surface area contributed by atoms with Crippen LogP contribution in [-0.2, 0) is 6.61 Å². The Hall–Kier alpha value is -1.65. The standard InChI is InChI=1S/C11H9ClN2O2/c12-10-2-1-7(5-15)3-8(10)9-4-13-6-14-11(9)16/h1-4,6,15H,5H2,(H,13,14,16). The molecule has 0 saturated carbocycles. The highest BCUT2D eigenvalue weighted by Gasteiger charge is 2.08. The average Bonchev–Trinajstić information content (AvgIpc) is 2.31. The maximum absolute atomic E-state index is 11.6. The fourth-order valence-corrected chi connectivity index (χ4v) is 1.63. The van der Waals surface area contributed by atoms with Crippen LogP contribution in [-0.4, -0.2) is 15.1 Å². The van der Waals surface area contributed by atoms with Crippen LogP contribution in [0.25, 0.3) is 11.1 Å². The zero-order chi connectivity index (χ0) is 11.5. The Kier molecular flexibility index (Phi) is 3.03. The highest BCUT2D eigenvalue weighted by Crippen LogP contribution is 2.25. The van der Waals surface area contributed by atoms with Crippen LogP contribution in [0.3, 0.4) is 0 Å². The third-order valence-corrected chi connectivity index (χ3v) is 2.55. The van der Waals surface area contributed by atoms with Gasteiger partial charge in [0.15, 0.2) is 0 Å². The molecule has 5 heteroatoms. The molecule has 0 bridgehead atoms. The molecule has 0 unspecified atom stereocenters. The third kappa shape index (κ3) is 1.98. The van der Waals surface area contributed by atoms with Gasteiger partial charge in [0.2, 0.25) is 0 Å². The van der Waals surface area contributed by atoms with Gasteiger partial charge in [-0.2, -0.15) is 0 Å². The van der Waals surface area contributed by atoms with Gasteiger partial charge in [-0.15, -0.1) is 0 Å². The summed E-state index contributed by atoms with van der Waals surface area (Å²) in [7, 11) is 0. The number of nitrogens with one attached hydrogen (secondary N) is 1. The molecule has 0 aliphatic rings. The van der Waals surface area contributed by atoms with E-state index in [1.165, 1.54) is 12.5 Å². The molecule has 16 heavy (non-hydrogen) atoms. The van der Waals surface area contributed by atoms with E-state index in [-0.39, 0.29) is 12.2 Å². The van der Waals surface area contributed by atoms with Crippen LogP contribution in [0, 0.1) is 0 Å². The summed E-state index contributed by atoms with van der Waals surface area (Å²) in [5.74, 6) is 0. The highest BCUT2D eigenvalue weighted by molar-refractivity contribution is 6.33. The van der Waals surface area contributed by atoms with Gasteiger partial charge in [0, 0.05) is 16.8 Å². The number of halogens is 1. The van der Waals surface area contributed by atoms with Gasteiger partial charge in [-0.3, -0.25) is 4.79 Å². The first kappa shape index (κ1) is 10.9. The van der Waals surface area contributed by atoms with Gasteiger partial charge in [0.05, 0.1) is 18.5 Å². The Bertz CT molecular complexity index is 566. The number of nitrogens with zero attached hydrogens (tertiary/aromatic N) is 1. The molecular formula is C11H9ClN2O2. The van der Waals surface area contributed by atoms with Crippen LogP contribution in [0.1, 0.15) is 5.56 Å². The summed E-state index contributed by atoms with van der Waals surface area (Å²) in [5.41, 5.74) is 1.40. The molecule has 0 spiro atoms. The molecule has 1 heterocycles. The van der Waals surface area contributed by atoms with E-state index in [0.29, 0.717) is 21.7 Å². The van der Waals surface area contributed by atoms with Gasteiger partial charge in [-0.1, -0.05) is 17.7 Å². The highest BCUT2D eigenvalue weighted by atomic mass is 35.5. The number of aliphatic hydroxyl groups excluding tert-OH is 1. The molecule has 0 saturated heterocycles. The molecule has 2 aromatic rings. The minimum atomic E-state index is -0.257. The van der Waals surface area contributed by atoms with Crippen molar-refractivity contribution in [1.29, 1.82) is 0 Å². The molecule has 4 nitrogen and oxygen atoms in total. The monoisotopic (exact) mass is 236 g/mol. The third-order valence-electron chi connectivity index (χ3n) is 2.22. The lowest BCUT2D eigenvalue weighted by Crippen LogP contribution is -2.08. The second-order valence-corrected chi connectivity index (χ2v) is 3.67. The number of benzene rings is 1. The number of aromatic amines is 1. The Balaban J connectivity index is 2.64. The smallest absolute Gasteiger partial charge is 0.258 e. The second-order valence-electron chi connectivity index (χ2n) is 3.27. The zero-order valence-corrected chi connectivity index (χ0v) is 9.03. The predicted molar refractivity (Wildman–Crippen MR) is 61.2 cm³/mol. The molecule has 82 valence electrons. The van der Waals surface area contributed by atoms with E-state index in [1.807, 2.05) is 0 Å². The van der Waals surface area contributed by atoms with E-state index in [9.17, 15) is 4.79 Å². The first-order chi connectivity index (χ1) is 7.72. The van der Waals surface area contributed by atoms with Crippen LogP contribution < -0.4 is 5.56 Å². The van der Waals surface area contributed by atoms with Crippen molar-refractivity contribution in [2.24, 2.45) is 0 Å². The Labute approximate surface area is 96.6 Å². The van der Waals surface area contributed by atoms with Crippen molar-refractivity contribution < 1.29 is 5.11 Å². The molecule has 1 aromatic carbocycles. The Morgan fingerprint density at radius 1 is 1.38 bits per heavy atom. The van der Waals surface area contributed by atoms with E-state index < -0.39 is 0 Å². The molecule has 0 aliphatic heterocycles. The second kappa shape index (κ2) is 4.47. The van der Waals surface area contributed by atoms with Crippen molar-refractivity contribution in [1.82, 2.24) is 9.97 Å². The van der Waals surface area contributed by atoms with E-state index in [2.05, 4.69) is 9.97 Å². The van der Waals surface area contributed by atoms with Crippen molar-refractivity contribution in [3.8, 4) is 11.1 Å². The SMILES string of the molecule is O=c1[nH]cncc1-c1cc(CO)ccc1Cl. The lowest BCUT2D eigenvalue weighted by molar-refractivity contribution is 0.282. The van der Waals surface area contributed by atoms with Gasteiger partial charge in [0.25, 0.3) is 5.56 Å². The normalized spacial score (nSPS) is 10.4. The van der Waals surface area contributed by atoms with Crippen molar-refractivity contribution in [2.75, 3.05) is 0 Å². The van der Waals surface area contributed by atoms with Crippen LogP contribution in [0.2, 0.25) is 5.02 Å². The van der Waals surface area contributed by atoms with Crippen LogP contribution in [0.5, 0.6) is 0 Å². The first-order valence-corrected chi connectivity index (χ1v) is 5.02. The molecule has 0 amide bonds.